The molecule has 0 saturated carbocycles. The molecule has 3 heterocycles. The number of nitrogens with zero attached hydrogens (tertiary/aromatic N) is 3. The summed E-state index contributed by atoms with van der Waals surface area (Å²) < 4.78 is 0. The predicted molar refractivity (Wildman–Crippen MR) is 114 cm³/mol. The van der Waals surface area contributed by atoms with Crippen LogP contribution >= 0.6 is 11.3 Å². The molecule has 2 aliphatic heterocycles. The maximum Gasteiger partial charge on any atom is 0.273 e. The number of aromatic nitrogens is 1. The van der Waals surface area contributed by atoms with Crippen LogP contribution < -0.4 is 5.73 Å². The van der Waals surface area contributed by atoms with Gasteiger partial charge < -0.3 is 15.5 Å². The SMILES string of the molecule is NC(Cc1ccccc1)c1nc(C(=O)N2CCC(N3CCCCC3)CC2)cs1. The Kier molecular flexibility index (Phi) is 6.40. The average molecular weight is 399 g/mol. The molecule has 0 aliphatic carbocycles. The molecule has 1 unspecified atom stereocenters. The summed E-state index contributed by atoms with van der Waals surface area (Å²) in [5.41, 5.74) is 8.09. The molecule has 6 heteroatoms. The summed E-state index contributed by atoms with van der Waals surface area (Å²) in [5, 5.41) is 2.72. The van der Waals surface area contributed by atoms with Crippen molar-refractivity contribution in [2.75, 3.05) is 26.2 Å². The van der Waals surface area contributed by atoms with Crippen LogP contribution in [0.3, 0.4) is 0 Å². The summed E-state index contributed by atoms with van der Waals surface area (Å²) in [6.45, 7) is 4.13. The fourth-order valence-corrected chi connectivity index (χ4v) is 5.19. The van der Waals surface area contributed by atoms with Crippen molar-refractivity contribution in [3.05, 3.63) is 52.0 Å². The number of thiazole rings is 1. The van der Waals surface area contributed by atoms with Crippen LogP contribution in [0.5, 0.6) is 0 Å². The van der Waals surface area contributed by atoms with Crippen molar-refractivity contribution in [2.24, 2.45) is 5.73 Å². The van der Waals surface area contributed by atoms with E-state index in [0.717, 1.165) is 37.4 Å². The van der Waals surface area contributed by atoms with Gasteiger partial charge in [0, 0.05) is 24.5 Å². The molecular formula is C22H30N4OS. The highest BCUT2D eigenvalue weighted by molar-refractivity contribution is 7.09. The van der Waals surface area contributed by atoms with Crippen molar-refractivity contribution in [3.63, 3.8) is 0 Å². The highest BCUT2D eigenvalue weighted by Crippen LogP contribution is 2.24. The molecule has 2 aliphatic rings. The van der Waals surface area contributed by atoms with Gasteiger partial charge in [0.25, 0.3) is 5.91 Å². The topological polar surface area (TPSA) is 62.5 Å². The molecule has 1 amide bonds. The number of hydrogen-bond acceptors (Lipinski definition) is 5. The fraction of sp³-hybridized carbons (Fsp3) is 0.545. The van der Waals surface area contributed by atoms with Crippen LogP contribution in [0, 0.1) is 0 Å². The molecule has 2 aromatic rings. The second-order valence-electron chi connectivity index (χ2n) is 7.99. The largest absolute Gasteiger partial charge is 0.337 e. The van der Waals surface area contributed by atoms with Gasteiger partial charge in [-0.2, -0.15) is 0 Å². The number of hydrogen-bond donors (Lipinski definition) is 1. The van der Waals surface area contributed by atoms with E-state index in [1.54, 1.807) is 0 Å². The minimum absolute atomic E-state index is 0.0616. The first-order chi connectivity index (χ1) is 13.7. The molecule has 5 nitrogen and oxygen atoms in total. The van der Waals surface area contributed by atoms with Crippen molar-refractivity contribution < 1.29 is 4.79 Å². The van der Waals surface area contributed by atoms with Gasteiger partial charge in [-0.15, -0.1) is 11.3 Å². The van der Waals surface area contributed by atoms with Crippen LogP contribution in [0.4, 0.5) is 0 Å². The van der Waals surface area contributed by atoms with Gasteiger partial charge in [-0.25, -0.2) is 4.98 Å². The lowest BCUT2D eigenvalue weighted by atomic mass is 10.00. The van der Waals surface area contributed by atoms with E-state index in [9.17, 15) is 4.79 Å². The molecule has 0 bridgehead atoms. The zero-order valence-electron chi connectivity index (χ0n) is 16.4. The molecule has 28 heavy (non-hydrogen) atoms. The Morgan fingerprint density at radius 2 is 1.82 bits per heavy atom. The van der Waals surface area contributed by atoms with E-state index in [-0.39, 0.29) is 11.9 Å². The Balaban J connectivity index is 1.32. The first kappa shape index (κ1) is 19.6. The summed E-state index contributed by atoms with van der Waals surface area (Å²) >= 11 is 1.50. The van der Waals surface area contributed by atoms with Crippen LogP contribution in [0.15, 0.2) is 35.7 Å². The van der Waals surface area contributed by atoms with Crippen LogP contribution in [0.1, 0.15) is 59.2 Å². The van der Waals surface area contributed by atoms with Gasteiger partial charge in [-0.3, -0.25) is 4.79 Å². The Labute approximate surface area is 171 Å². The summed E-state index contributed by atoms with van der Waals surface area (Å²) in [4.78, 5) is 22.1. The molecule has 2 N–H and O–H groups in total. The molecule has 0 spiro atoms. The molecule has 150 valence electrons. The van der Waals surface area contributed by atoms with E-state index in [2.05, 4.69) is 22.0 Å². The standard InChI is InChI=1S/C22H30N4OS/c23-19(15-17-7-3-1-4-8-17)21-24-20(16-28-21)22(27)26-13-9-18(10-14-26)25-11-5-2-6-12-25/h1,3-4,7-8,16,18-19H,2,5-6,9-15,23H2. The molecule has 2 saturated heterocycles. The Morgan fingerprint density at radius 1 is 1.11 bits per heavy atom. The average Bonchev–Trinajstić information content (AvgIpc) is 3.25. The number of carbonyl (C=O) groups is 1. The number of nitrogens with two attached hydrogens (primary N) is 1. The fourth-order valence-electron chi connectivity index (χ4n) is 4.39. The first-order valence-electron chi connectivity index (χ1n) is 10.5. The van der Waals surface area contributed by atoms with Crippen LogP contribution in [-0.2, 0) is 6.42 Å². The molecule has 2 fully saturated rings. The van der Waals surface area contributed by atoms with E-state index in [1.807, 2.05) is 28.5 Å². The van der Waals surface area contributed by atoms with Crippen molar-refractivity contribution in [3.8, 4) is 0 Å². The highest BCUT2D eigenvalue weighted by atomic mass is 32.1. The van der Waals surface area contributed by atoms with Gasteiger partial charge in [0.1, 0.15) is 10.7 Å². The van der Waals surface area contributed by atoms with E-state index in [1.165, 1.54) is 49.3 Å². The number of amides is 1. The number of piperidine rings is 2. The Bertz CT molecular complexity index is 764. The molecular weight excluding hydrogens is 368 g/mol. The van der Waals surface area contributed by atoms with Crippen molar-refractivity contribution in [2.45, 2.75) is 50.6 Å². The quantitative estimate of drug-likeness (QED) is 0.838. The minimum Gasteiger partial charge on any atom is -0.337 e. The Morgan fingerprint density at radius 3 is 2.54 bits per heavy atom. The lowest BCUT2D eigenvalue weighted by molar-refractivity contribution is 0.0585. The smallest absolute Gasteiger partial charge is 0.273 e. The second-order valence-corrected chi connectivity index (χ2v) is 8.88. The summed E-state index contributed by atoms with van der Waals surface area (Å²) in [6.07, 6.45) is 6.91. The number of carbonyl (C=O) groups excluding carboxylic acids is 1. The third kappa shape index (κ3) is 4.62. The third-order valence-corrected chi connectivity index (χ3v) is 6.99. The number of rotatable bonds is 5. The number of likely N-dealkylation sites (tertiary alicyclic amines) is 2. The van der Waals surface area contributed by atoms with Crippen molar-refractivity contribution in [1.29, 1.82) is 0 Å². The maximum absolute atomic E-state index is 12.9. The van der Waals surface area contributed by atoms with Gasteiger partial charge in [0.2, 0.25) is 0 Å². The monoisotopic (exact) mass is 398 g/mol. The number of benzene rings is 1. The van der Waals surface area contributed by atoms with Gasteiger partial charge in [0.05, 0.1) is 6.04 Å². The lowest BCUT2D eigenvalue weighted by Crippen LogP contribution is -2.48. The van der Waals surface area contributed by atoms with E-state index in [0.29, 0.717) is 11.7 Å². The summed E-state index contributed by atoms with van der Waals surface area (Å²) in [7, 11) is 0. The lowest BCUT2D eigenvalue weighted by Gasteiger charge is -2.40. The van der Waals surface area contributed by atoms with E-state index >= 15 is 0 Å². The normalized spacial score (nSPS) is 20.2. The molecule has 1 atom stereocenters. The van der Waals surface area contributed by atoms with Crippen LogP contribution in [0.2, 0.25) is 0 Å². The molecule has 1 aromatic carbocycles. The highest BCUT2D eigenvalue weighted by Gasteiger charge is 2.29. The van der Waals surface area contributed by atoms with Crippen LogP contribution in [-0.4, -0.2) is 52.9 Å². The first-order valence-corrected chi connectivity index (χ1v) is 11.4. The van der Waals surface area contributed by atoms with Crippen molar-refractivity contribution >= 4 is 17.2 Å². The van der Waals surface area contributed by atoms with Crippen molar-refractivity contribution in [1.82, 2.24) is 14.8 Å². The predicted octanol–water partition coefficient (Wildman–Crippen LogP) is 3.48. The zero-order chi connectivity index (χ0) is 19.3. The summed E-state index contributed by atoms with van der Waals surface area (Å²) in [5.74, 6) is 0.0616. The van der Waals surface area contributed by atoms with Gasteiger partial charge in [-0.05, 0) is 50.8 Å². The van der Waals surface area contributed by atoms with E-state index < -0.39 is 0 Å². The minimum atomic E-state index is -0.168. The van der Waals surface area contributed by atoms with Gasteiger partial charge in [-0.1, -0.05) is 36.8 Å². The van der Waals surface area contributed by atoms with Crippen LogP contribution in [0.25, 0.3) is 0 Å². The molecule has 0 radical (unpaired) electrons. The molecule has 1 aromatic heterocycles. The third-order valence-electron chi connectivity index (χ3n) is 6.02. The summed E-state index contributed by atoms with van der Waals surface area (Å²) in [6, 6.07) is 10.7. The Hall–Kier alpha value is -1.76. The van der Waals surface area contributed by atoms with Gasteiger partial charge in [0.15, 0.2) is 0 Å². The second kappa shape index (κ2) is 9.16. The maximum atomic E-state index is 12.9. The molecule has 4 rings (SSSR count). The van der Waals surface area contributed by atoms with Gasteiger partial charge >= 0.3 is 0 Å². The zero-order valence-corrected chi connectivity index (χ0v) is 17.2. The van der Waals surface area contributed by atoms with E-state index in [4.69, 9.17) is 5.73 Å².